The molecule has 0 heterocycles. The Labute approximate surface area is 584 Å². The summed E-state index contributed by atoms with van der Waals surface area (Å²) in [5, 5.41) is 44.5. The molecule has 101 heavy (non-hydrogen) atoms. The van der Waals surface area contributed by atoms with Crippen molar-refractivity contribution in [1.82, 2.24) is 5.32 Å². The van der Waals surface area contributed by atoms with Gasteiger partial charge in [0.25, 0.3) is 60.7 Å². The molecule has 0 radical (unpaired) electrons. The van der Waals surface area contributed by atoms with Gasteiger partial charge in [-0.25, -0.2) is 0 Å². The number of allylic oxidation sites excluding steroid dienone is 6. The number of hydrogen-bond donors (Lipinski definition) is 8. The van der Waals surface area contributed by atoms with Gasteiger partial charge in [-0.2, -0.15) is 86.3 Å². The van der Waals surface area contributed by atoms with Gasteiger partial charge in [0.1, 0.15) is 22.9 Å². The molecule has 6 aromatic rings. The van der Waals surface area contributed by atoms with Gasteiger partial charge in [0, 0.05) is 25.2 Å². The zero-order chi connectivity index (χ0) is 74.1. The van der Waals surface area contributed by atoms with E-state index in [1.54, 1.807) is 108 Å². The summed E-state index contributed by atoms with van der Waals surface area (Å²) in [7, 11) is -26.2. The Morgan fingerprint density at radius 2 is 0.970 bits per heavy atom. The molecule has 1 atom stereocenters. The number of azo groups is 4. The summed E-state index contributed by atoms with van der Waals surface area (Å²) >= 11 is 0. The molecule has 0 saturated heterocycles. The number of hydrogen-bond acceptors (Lipinski definition) is 26. The van der Waals surface area contributed by atoms with Crippen LogP contribution in [0.5, 0.6) is 11.5 Å². The van der Waals surface area contributed by atoms with E-state index in [4.69, 9.17) is 18.9 Å². The summed E-state index contributed by atoms with van der Waals surface area (Å²) in [5.74, 6) is -1.93. The second-order valence-electron chi connectivity index (χ2n) is 22.8. The van der Waals surface area contributed by atoms with E-state index < -0.39 is 89.8 Å². The molecule has 1 unspecified atom stereocenters. The number of anilines is 1. The molecule has 1 aliphatic carbocycles. The number of aryl methyl sites for hydroxylation is 2. The van der Waals surface area contributed by atoms with Crippen LogP contribution >= 0.6 is 0 Å². The lowest BCUT2D eigenvalue weighted by Crippen LogP contribution is -2.24. The van der Waals surface area contributed by atoms with E-state index in [-0.39, 0.29) is 109 Å². The van der Waals surface area contributed by atoms with Crippen LogP contribution in [0, 0.1) is 13.8 Å². The molecule has 0 amide bonds. The maximum atomic E-state index is 11.7. The highest BCUT2D eigenvalue weighted by molar-refractivity contribution is 7.87. The van der Waals surface area contributed by atoms with Crippen molar-refractivity contribution in [2.24, 2.45) is 40.9 Å². The zero-order valence-corrected chi connectivity index (χ0v) is 60.1. The molecule has 0 bridgehead atoms. The molecule has 0 saturated carbocycles. The first-order valence-electron chi connectivity index (χ1n) is 30.5. The first-order chi connectivity index (χ1) is 47.3. The van der Waals surface area contributed by atoms with Crippen molar-refractivity contribution in [1.29, 1.82) is 0 Å². The van der Waals surface area contributed by atoms with Crippen LogP contribution in [0.3, 0.4) is 0 Å². The normalized spacial score (nSPS) is 14.6. The second-order valence-corrected chi connectivity index (χ2v) is 32.0. The van der Waals surface area contributed by atoms with Crippen LogP contribution in [0.4, 0.5) is 34.1 Å². The quantitative estimate of drug-likeness (QED) is 0.00595. The van der Waals surface area contributed by atoms with Crippen molar-refractivity contribution in [2.45, 2.75) is 89.5 Å². The molecule has 38 heteroatoms. The second kappa shape index (κ2) is 34.8. The van der Waals surface area contributed by atoms with E-state index in [2.05, 4.69) is 51.5 Å². The van der Waals surface area contributed by atoms with Crippen LogP contribution < -0.4 is 20.1 Å². The zero-order valence-electron chi connectivity index (χ0n) is 55.2. The summed E-state index contributed by atoms with van der Waals surface area (Å²) in [6, 6.07) is 24.1. The Hall–Kier alpha value is -8.64. The number of fused-ring (bicyclic) bond motifs is 2. The van der Waals surface area contributed by atoms with Gasteiger partial charge in [-0.05, 0) is 190 Å². The van der Waals surface area contributed by atoms with Gasteiger partial charge in [0.15, 0.2) is 0 Å². The lowest BCUT2D eigenvalue weighted by molar-refractivity contribution is 0.0891. The minimum Gasteiger partial charge on any atom is -0.492 e. The highest BCUT2D eigenvalue weighted by Crippen LogP contribution is 2.40. The number of nitrogens with one attached hydrogen (secondary N) is 2. The Morgan fingerprint density at radius 3 is 1.51 bits per heavy atom. The molecule has 6 aromatic carbocycles. The third kappa shape index (κ3) is 26.4. The minimum absolute atomic E-state index is 0.0503. The summed E-state index contributed by atoms with van der Waals surface area (Å²) < 4.78 is 220. The number of ether oxygens (including phenoxy) is 4. The maximum absolute atomic E-state index is 11.7. The van der Waals surface area contributed by atoms with Crippen molar-refractivity contribution in [3.8, 4) is 11.5 Å². The molecule has 0 fully saturated rings. The largest absolute Gasteiger partial charge is 0.492 e. The molecule has 1 aliphatic rings. The summed E-state index contributed by atoms with van der Waals surface area (Å²) in [6.07, 6.45) is 3.86. The van der Waals surface area contributed by atoms with Crippen LogP contribution in [0.2, 0.25) is 0 Å². The predicted molar refractivity (Wildman–Crippen MR) is 376 cm³/mol. The first-order valence-corrected chi connectivity index (χ1v) is 39.9. The maximum Gasteiger partial charge on any atom is 0.294 e. The van der Waals surface area contributed by atoms with Gasteiger partial charge >= 0.3 is 0 Å². The molecular weight excluding hydrogens is 1440 g/mol. The molecule has 544 valence electrons. The van der Waals surface area contributed by atoms with Crippen molar-refractivity contribution in [3.63, 3.8) is 0 Å². The van der Waals surface area contributed by atoms with Gasteiger partial charge in [-0.15, -0.1) is 5.11 Å². The highest BCUT2D eigenvalue weighted by atomic mass is 32.2. The molecule has 7 rings (SSSR count). The Kier molecular flexibility index (Phi) is 27.5. The van der Waals surface area contributed by atoms with Crippen molar-refractivity contribution in [3.05, 3.63) is 166 Å². The number of rotatable bonds is 36. The van der Waals surface area contributed by atoms with Crippen molar-refractivity contribution >= 4 is 116 Å². The topological polar surface area (TPSA) is 486 Å². The van der Waals surface area contributed by atoms with E-state index in [0.29, 0.717) is 83.7 Å². The van der Waals surface area contributed by atoms with Crippen LogP contribution in [-0.2, 0) is 70.2 Å². The van der Waals surface area contributed by atoms with Crippen LogP contribution in [0.1, 0.15) is 70.9 Å². The molecule has 0 spiro atoms. The SMILES string of the molecule is CC1=C(N=N/C(=C/C(C)=C(\C)N=Nc2ccc3cc(S(=O)(=O)O)ccc3c2)C(C)OCCCS(=O)(=O)O)CC=C(OCCCS(=O)(=O)O)C(NCNc2cc(C)c(N=Nc3cc(C)c(N=Nc4ccc5cc(S(=O)(=O)O)ccc5c4)cc3OCCCS(=O)(=O)O)cc2OCCCS(=O)(=O)O)=C1. The molecule has 32 nitrogen and oxygen atoms in total. The van der Waals surface area contributed by atoms with E-state index >= 15 is 0 Å². The van der Waals surface area contributed by atoms with E-state index in [1.165, 1.54) is 48.5 Å². The fourth-order valence-corrected chi connectivity index (χ4v) is 12.3. The average molecular weight is 1520 g/mol. The lowest BCUT2D eigenvalue weighted by Gasteiger charge is -2.19. The summed E-state index contributed by atoms with van der Waals surface area (Å²) in [6.45, 7) is 9.48. The predicted octanol–water partition coefficient (Wildman–Crippen LogP) is 13.0. The summed E-state index contributed by atoms with van der Waals surface area (Å²) in [4.78, 5) is -0.553. The van der Waals surface area contributed by atoms with Crippen molar-refractivity contribution in [2.75, 3.05) is 61.4 Å². The third-order valence-corrected chi connectivity index (χ3v) is 19.6. The molecule has 0 aliphatic heterocycles. The fraction of sp³-hybridized carbons (Fsp3) is 0.333. The highest BCUT2D eigenvalue weighted by Gasteiger charge is 2.20. The monoisotopic (exact) mass is 1510 g/mol. The first kappa shape index (κ1) is 79.7. The van der Waals surface area contributed by atoms with E-state index in [0.717, 1.165) is 0 Å². The van der Waals surface area contributed by atoms with Gasteiger partial charge in [-0.1, -0.05) is 24.3 Å². The Bertz CT molecular complexity index is 5120. The van der Waals surface area contributed by atoms with Gasteiger partial charge in [0.05, 0.1) is 117 Å². The molecular formula is C63H74N10O22S6. The smallest absolute Gasteiger partial charge is 0.294 e. The lowest BCUT2D eigenvalue weighted by atomic mass is 10.1. The van der Waals surface area contributed by atoms with E-state index in [9.17, 15) is 77.8 Å². The van der Waals surface area contributed by atoms with Crippen molar-refractivity contribution < 1.29 is 96.8 Å². The average Bonchev–Trinajstić information content (AvgIpc) is 1.35. The van der Waals surface area contributed by atoms with Crippen LogP contribution in [0.25, 0.3) is 21.5 Å². The molecule has 8 N–H and O–H groups in total. The fourth-order valence-electron chi connectivity index (χ4n) is 9.29. The summed E-state index contributed by atoms with van der Waals surface area (Å²) in [5.41, 5.74) is 5.47. The number of nitrogens with zero attached hydrogens (tertiary/aromatic N) is 8. The Morgan fingerprint density at radius 1 is 0.505 bits per heavy atom. The minimum atomic E-state index is -4.45. The number of benzene rings is 6. The van der Waals surface area contributed by atoms with Gasteiger partial charge in [-0.3, -0.25) is 27.3 Å². The van der Waals surface area contributed by atoms with Gasteiger partial charge in [0.2, 0.25) is 0 Å². The standard InChI is InChI=1S/C63H74N10O22S6/c1-40(44(5)66-67-50-15-11-48-35-52(100(86,87)88)17-13-46(48)33-50)29-57(45(6)92-21-7-25-96(74,75)76)72-69-54-19-20-61(93-22-8-26-97(77,78)79)58(30-41(54)2)64-39-65-59-31-42(3)56(37-62(59)94-23-9-27-98(80,81)82)71-73-60-32-43(4)55(38-63(60)95-24-10-28-99(83,84)85)70-68-51-16-12-49-36-53(101(89,90)91)18-14-47(49)34-51/h11-18,20,29-38,45,64-65H,7-10,19,21-28,39H2,1-6H3,(H,74,75,76)(H,77,78,79)(H,80,81,82)(H,83,84,85)(H,86,87,88)(H,89,90,91)/b44-40+,57-29+,67-66?,70-68?,72-69?,73-71?. The van der Waals surface area contributed by atoms with Crippen LogP contribution in [-0.4, -0.2) is 140 Å². The van der Waals surface area contributed by atoms with E-state index in [1.807, 2.05) is 0 Å². The molecule has 0 aromatic heterocycles. The Balaban J connectivity index is 1.17. The van der Waals surface area contributed by atoms with Crippen LogP contribution in [0.15, 0.2) is 206 Å². The van der Waals surface area contributed by atoms with Gasteiger partial charge < -0.3 is 29.6 Å². The third-order valence-electron chi connectivity index (χ3n) is 14.7.